The highest BCUT2D eigenvalue weighted by molar-refractivity contribution is 6.09. The zero-order valence-electron chi connectivity index (χ0n) is 29.1. The fraction of sp³-hybridized carbons (Fsp3) is 0.256. The highest BCUT2D eigenvalue weighted by atomic mass is 16.5. The van der Waals surface area contributed by atoms with E-state index in [2.05, 4.69) is 132 Å². The number of pyridine rings is 1. The van der Waals surface area contributed by atoms with Crippen LogP contribution in [0.3, 0.4) is 0 Å². The van der Waals surface area contributed by atoms with E-state index in [1.807, 2.05) is 23.1 Å². The van der Waals surface area contributed by atoms with E-state index in [1.165, 1.54) is 49.7 Å². The molecule has 0 N–H and O–H groups in total. The Morgan fingerprint density at radius 2 is 1.50 bits per heavy atom. The Balaban J connectivity index is 1.31. The molecule has 0 saturated heterocycles. The van der Waals surface area contributed by atoms with Crippen LogP contribution in [0.25, 0.3) is 44.4 Å². The normalized spacial score (nSPS) is 11.7. The van der Waals surface area contributed by atoms with Crippen molar-refractivity contribution in [3.05, 3.63) is 131 Å². The van der Waals surface area contributed by atoms with Gasteiger partial charge in [0.2, 0.25) is 0 Å². The van der Waals surface area contributed by atoms with Crippen LogP contribution in [0.1, 0.15) is 61.1 Å². The fourth-order valence-corrected chi connectivity index (χ4v) is 7.39. The highest BCUT2D eigenvalue weighted by Crippen LogP contribution is 2.37. The smallest absolute Gasteiger partial charge is 0.137 e. The van der Waals surface area contributed by atoms with Gasteiger partial charge in [-0.05, 0) is 127 Å². The molecule has 0 saturated carbocycles. The molecule has 0 unspecified atom stereocenters. The van der Waals surface area contributed by atoms with Gasteiger partial charge in [-0.15, -0.1) is 0 Å². The molecule has 3 heterocycles. The van der Waals surface area contributed by atoms with Gasteiger partial charge in [0.25, 0.3) is 0 Å². The molecular weight excluding hydrogens is 589 g/mol. The molecule has 242 valence electrons. The molecule has 5 nitrogen and oxygen atoms in total. The first kappa shape index (κ1) is 31.4. The van der Waals surface area contributed by atoms with E-state index < -0.39 is 0 Å². The number of benzene rings is 4. The zero-order valence-corrected chi connectivity index (χ0v) is 29.1. The Labute approximate surface area is 283 Å². The molecule has 3 aromatic heterocycles. The predicted molar refractivity (Wildman–Crippen MR) is 199 cm³/mol. The SMILES string of the molecule is CCc1c(C)cc(C)c(CC)c1-c1cnn(-c2cc(CC(C)C)cc(Oc3ccc4c5ccccc5n(-c5cc(C)ccn5)c4c3)c2)c1. The Morgan fingerprint density at radius 3 is 2.23 bits per heavy atom. The van der Waals surface area contributed by atoms with E-state index in [1.54, 1.807) is 0 Å². The maximum Gasteiger partial charge on any atom is 0.137 e. The van der Waals surface area contributed by atoms with E-state index in [9.17, 15) is 0 Å². The average molecular weight is 633 g/mol. The fourth-order valence-electron chi connectivity index (χ4n) is 7.39. The minimum atomic E-state index is 0.504. The highest BCUT2D eigenvalue weighted by Gasteiger charge is 2.18. The summed E-state index contributed by atoms with van der Waals surface area (Å²) >= 11 is 0. The van der Waals surface area contributed by atoms with Crippen molar-refractivity contribution in [2.75, 3.05) is 0 Å². The summed E-state index contributed by atoms with van der Waals surface area (Å²) in [6, 6.07) is 27.9. The third-order valence-corrected chi connectivity index (χ3v) is 9.44. The van der Waals surface area contributed by atoms with Crippen LogP contribution >= 0.6 is 0 Å². The number of fused-ring (bicyclic) bond motifs is 3. The van der Waals surface area contributed by atoms with Crippen LogP contribution in [0.15, 0.2) is 97.5 Å². The number of hydrogen-bond acceptors (Lipinski definition) is 3. The lowest BCUT2D eigenvalue weighted by atomic mass is 9.87. The summed E-state index contributed by atoms with van der Waals surface area (Å²) in [6.45, 7) is 15.6. The summed E-state index contributed by atoms with van der Waals surface area (Å²) < 4.78 is 10.9. The maximum atomic E-state index is 6.70. The first-order chi connectivity index (χ1) is 23.2. The zero-order chi connectivity index (χ0) is 33.5. The van der Waals surface area contributed by atoms with E-state index in [0.29, 0.717) is 5.92 Å². The van der Waals surface area contributed by atoms with Crippen LogP contribution in [0.5, 0.6) is 11.5 Å². The van der Waals surface area contributed by atoms with Gasteiger partial charge >= 0.3 is 0 Å². The number of aryl methyl sites for hydroxylation is 3. The number of ether oxygens (including phenoxy) is 1. The molecule has 48 heavy (non-hydrogen) atoms. The largest absolute Gasteiger partial charge is 0.457 e. The molecule has 5 heteroatoms. The second-order valence-electron chi connectivity index (χ2n) is 13.5. The third kappa shape index (κ3) is 5.79. The Kier molecular flexibility index (Phi) is 8.38. The van der Waals surface area contributed by atoms with E-state index in [0.717, 1.165) is 58.9 Å². The minimum Gasteiger partial charge on any atom is -0.457 e. The van der Waals surface area contributed by atoms with Crippen molar-refractivity contribution in [2.24, 2.45) is 5.92 Å². The standard InChI is InChI=1S/C43H44N4O/c1-8-36-29(6)20-30(7)37(9-2)43(36)32-25-45-46(26-32)33-21-31(18-27(3)4)22-35(23-33)48-34-14-15-39-38-12-10-11-13-40(38)47(41(39)24-34)42-19-28(5)16-17-44-42/h10-17,19-27H,8-9,18H2,1-7H3. The topological polar surface area (TPSA) is 44.9 Å². The number of para-hydroxylation sites is 1. The lowest BCUT2D eigenvalue weighted by molar-refractivity contribution is 0.481. The van der Waals surface area contributed by atoms with Crippen LogP contribution in [-0.2, 0) is 19.3 Å². The number of nitrogens with zero attached hydrogens (tertiary/aromatic N) is 4. The predicted octanol–water partition coefficient (Wildman–Crippen LogP) is 11.1. The number of rotatable bonds is 9. The summed E-state index contributed by atoms with van der Waals surface area (Å²) in [6.07, 6.45) is 9.01. The molecule has 0 aliphatic heterocycles. The Morgan fingerprint density at radius 1 is 0.750 bits per heavy atom. The van der Waals surface area contributed by atoms with Gasteiger partial charge in [0.15, 0.2) is 0 Å². The van der Waals surface area contributed by atoms with Gasteiger partial charge in [-0.3, -0.25) is 4.57 Å². The van der Waals surface area contributed by atoms with Crippen molar-refractivity contribution in [2.45, 2.75) is 67.7 Å². The van der Waals surface area contributed by atoms with E-state index in [-0.39, 0.29) is 0 Å². The molecule has 0 spiro atoms. The van der Waals surface area contributed by atoms with Crippen molar-refractivity contribution >= 4 is 21.8 Å². The minimum absolute atomic E-state index is 0.504. The van der Waals surface area contributed by atoms with Crippen LogP contribution in [-0.4, -0.2) is 19.3 Å². The summed E-state index contributed by atoms with van der Waals surface area (Å²) in [5, 5.41) is 7.27. The van der Waals surface area contributed by atoms with E-state index >= 15 is 0 Å². The van der Waals surface area contributed by atoms with Crippen LogP contribution in [0.2, 0.25) is 0 Å². The lowest BCUT2D eigenvalue weighted by Gasteiger charge is -2.17. The van der Waals surface area contributed by atoms with Gasteiger partial charge in [-0.2, -0.15) is 5.10 Å². The number of aromatic nitrogens is 4. The van der Waals surface area contributed by atoms with Gasteiger partial charge in [0.05, 0.1) is 22.9 Å². The van der Waals surface area contributed by atoms with Crippen LogP contribution in [0.4, 0.5) is 0 Å². The molecule has 0 bridgehead atoms. The molecule has 0 atom stereocenters. The molecule has 0 aliphatic rings. The van der Waals surface area contributed by atoms with Gasteiger partial charge in [0.1, 0.15) is 17.3 Å². The summed E-state index contributed by atoms with van der Waals surface area (Å²) in [4.78, 5) is 4.75. The van der Waals surface area contributed by atoms with Gasteiger partial charge in [0, 0.05) is 40.9 Å². The number of hydrogen-bond donors (Lipinski definition) is 0. The summed E-state index contributed by atoms with van der Waals surface area (Å²) in [5.41, 5.74) is 13.6. The van der Waals surface area contributed by atoms with E-state index in [4.69, 9.17) is 14.8 Å². The van der Waals surface area contributed by atoms with Crippen LogP contribution < -0.4 is 4.74 Å². The Hall–Kier alpha value is -5.16. The average Bonchev–Trinajstić information content (AvgIpc) is 3.67. The molecule has 0 fully saturated rings. The van der Waals surface area contributed by atoms with Gasteiger partial charge < -0.3 is 4.74 Å². The summed E-state index contributed by atoms with van der Waals surface area (Å²) in [7, 11) is 0. The van der Waals surface area contributed by atoms with Gasteiger partial charge in [-0.25, -0.2) is 9.67 Å². The Bertz CT molecular complexity index is 2260. The van der Waals surface area contributed by atoms with Crippen LogP contribution in [0, 0.1) is 26.7 Å². The van der Waals surface area contributed by atoms with Crippen molar-refractivity contribution in [3.63, 3.8) is 0 Å². The first-order valence-corrected chi connectivity index (χ1v) is 17.2. The molecule has 0 radical (unpaired) electrons. The van der Waals surface area contributed by atoms with Crippen molar-refractivity contribution in [3.8, 4) is 34.1 Å². The monoisotopic (exact) mass is 632 g/mol. The maximum absolute atomic E-state index is 6.70. The quantitative estimate of drug-likeness (QED) is 0.159. The molecule has 7 aromatic rings. The molecule has 0 amide bonds. The molecule has 7 rings (SSSR count). The second kappa shape index (κ2) is 12.8. The third-order valence-electron chi connectivity index (χ3n) is 9.44. The lowest BCUT2D eigenvalue weighted by Crippen LogP contribution is -2.01. The van der Waals surface area contributed by atoms with Crippen molar-refractivity contribution in [1.82, 2.24) is 19.3 Å². The van der Waals surface area contributed by atoms with Crippen molar-refractivity contribution in [1.29, 1.82) is 0 Å². The van der Waals surface area contributed by atoms with Crippen molar-refractivity contribution < 1.29 is 4.74 Å². The first-order valence-electron chi connectivity index (χ1n) is 17.2. The molecule has 0 aliphatic carbocycles. The van der Waals surface area contributed by atoms with Gasteiger partial charge in [-0.1, -0.05) is 52.0 Å². The molecule has 4 aromatic carbocycles. The second-order valence-corrected chi connectivity index (χ2v) is 13.5. The summed E-state index contributed by atoms with van der Waals surface area (Å²) in [5.74, 6) is 2.98. The molecular formula is C43H44N4O.